The van der Waals surface area contributed by atoms with E-state index >= 15 is 0 Å². The molecule has 0 atom stereocenters. The van der Waals surface area contributed by atoms with E-state index in [2.05, 4.69) is 18.7 Å². The Hall–Kier alpha value is -0.900. The molecule has 1 aliphatic heterocycles. The average molecular weight is 283 g/mol. The predicted octanol–water partition coefficient (Wildman–Crippen LogP) is 2.66. The van der Waals surface area contributed by atoms with Crippen molar-refractivity contribution in [2.45, 2.75) is 53.9 Å². The number of ether oxygens (including phenoxy) is 1. The van der Waals surface area contributed by atoms with Crippen LogP contribution in [0.2, 0.25) is 0 Å². The molecule has 20 heavy (non-hydrogen) atoms. The highest BCUT2D eigenvalue weighted by molar-refractivity contribution is 6.03. The van der Waals surface area contributed by atoms with Crippen LogP contribution in [0.4, 0.5) is 0 Å². The molecule has 1 heterocycles. The van der Waals surface area contributed by atoms with Crippen LogP contribution in [0.5, 0.6) is 0 Å². The molecular formula is C16H29NO3. The van der Waals surface area contributed by atoms with Crippen LogP contribution in [0.25, 0.3) is 0 Å². The maximum Gasteiger partial charge on any atom is 0.319 e. The first-order chi connectivity index (χ1) is 9.25. The van der Waals surface area contributed by atoms with Gasteiger partial charge < -0.3 is 4.74 Å². The van der Waals surface area contributed by atoms with E-state index in [1.807, 2.05) is 0 Å². The molecule has 0 radical (unpaired) electrons. The number of piperidine rings is 1. The monoisotopic (exact) mass is 283 g/mol. The minimum Gasteiger partial charge on any atom is -0.465 e. The number of hydrogen-bond acceptors (Lipinski definition) is 4. The first kappa shape index (κ1) is 17.2. The van der Waals surface area contributed by atoms with Gasteiger partial charge in [0.1, 0.15) is 5.41 Å². The van der Waals surface area contributed by atoms with E-state index in [1.165, 1.54) is 6.42 Å². The molecule has 4 nitrogen and oxygen atoms in total. The van der Waals surface area contributed by atoms with Crippen molar-refractivity contribution in [2.75, 3.05) is 26.2 Å². The summed E-state index contributed by atoms with van der Waals surface area (Å²) in [5, 5.41) is 0. The topological polar surface area (TPSA) is 46.6 Å². The lowest BCUT2D eigenvalue weighted by molar-refractivity contribution is -0.158. The summed E-state index contributed by atoms with van der Waals surface area (Å²) in [5.41, 5.74) is -0.627. The highest BCUT2D eigenvalue weighted by Gasteiger charge is 2.39. The summed E-state index contributed by atoms with van der Waals surface area (Å²) in [6.45, 7) is 12.2. The molecular weight excluding hydrogens is 254 g/mol. The molecule has 1 saturated heterocycles. The lowest BCUT2D eigenvalue weighted by Gasteiger charge is -2.39. The van der Waals surface area contributed by atoms with Gasteiger partial charge in [-0.1, -0.05) is 20.3 Å². The third-order valence-electron chi connectivity index (χ3n) is 4.77. The molecule has 1 fully saturated rings. The highest BCUT2D eigenvalue weighted by atomic mass is 16.5. The van der Waals surface area contributed by atoms with Gasteiger partial charge in [0.05, 0.1) is 13.2 Å². The molecule has 0 aromatic rings. The molecule has 0 aromatic carbocycles. The Labute approximate surface area is 122 Å². The van der Waals surface area contributed by atoms with Gasteiger partial charge in [0.25, 0.3) is 0 Å². The molecule has 0 bridgehead atoms. The molecule has 0 saturated carbocycles. The molecule has 0 N–H and O–H groups in total. The summed E-state index contributed by atoms with van der Waals surface area (Å²) < 4.78 is 4.99. The zero-order valence-electron chi connectivity index (χ0n) is 13.6. The molecule has 0 aliphatic carbocycles. The molecule has 4 heteroatoms. The van der Waals surface area contributed by atoms with Crippen molar-refractivity contribution >= 4 is 11.8 Å². The van der Waals surface area contributed by atoms with Crippen LogP contribution in [0.3, 0.4) is 0 Å². The molecule has 1 aliphatic rings. The summed E-state index contributed by atoms with van der Waals surface area (Å²) in [7, 11) is 0. The van der Waals surface area contributed by atoms with Crippen molar-refractivity contribution in [3.63, 3.8) is 0 Å². The third kappa shape index (κ3) is 4.05. The fourth-order valence-electron chi connectivity index (χ4n) is 2.43. The Balaban J connectivity index is 2.53. The number of nitrogens with zero attached hydrogens (tertiary/aromatic N) is 1. The highest BCUT2D eigenvalue weighted by Crippen LogP contribution is 2.34. The van der Waals surface area contributed by atoms with Gasteiger partial charge in [-0.05, 0) is 52.1 Å². The average Bonchev–Trinajstić information content (AvgIpc) is 2.41. The van der Waals surface area contributed by atoms with Crippen molar-refractivity contribution in [1.29, 1.82) is 0 Å². The van der Waals surface area contributed by atoms with Gasteiger partial charge in [0.15, 0.2) is 5.78 Å². The first-order valence-electron chi connectivity index (χ1n) is 7.68. The molecule has 1 rings (SSSR count). The Kier molecular flexibility index (Phi) is 5.75. The van der Waals surface area contributed by atoms with E-state index < -0.39 is 11.4 Å². The summed E-state index contributed by atoms with van der Waals surface area (Å²) in [6.07, 6.45) is 3.43. The second-order valence-electron chi connectivity index (χ2n) is 6.71. The van der Waals surface area contributed by atoms with Crippen LogP contribution >= 0.6 is 0 Å². The number of hydrogen-bond donors (Lipinski definition) is 0. The van der Waals surface area contributed by atoms with E-state index in [9.17, 15) is 9.59 Å². The zero-order valence-corrected chi connectivity index (χ0v) is 13.6. The summed E-state index contributed by atoms with van der Waals surface area (Å²) in [4.78, 5) is 26.3. The SMILES string of the molecule is CCOC(=O)C(C)(C)C(=O)CN1CCC(C)(CC)CC1. The minimum atomic E-state index is -1.04. The molecule has 0 spiro atoms. The Morgan fingerprint density at radius 2 is 1.75 bits per heavy atom. The normalized spacial score (nSPS) is 19.6. The van der Waals surface area contributed by atoms with E-state index in [4.69, 9.17) is 4.74 Å². The number of rotatable bonds is 6. The molecule has 0 aromatic heterocycles. The molecule has 116 valence electrons. The number of carbonyl (C=O) groups is 2. The Bertz CT molecular complexity index is 355. The van der Waals surface area contributed by atoms with Crippen molar-refractivity contribution in [1.82, 2.24) is 4.90 Å². The number of ketones is 1. The van der Waals surface area contributed by atoms with E-state index in [0.29, 0.717) is 18.6 Å². The largest absolute Gasteiger partial charge is 0.465 e. The van der Waals surface area contributed by atoms with Crippen molar-refractivity contribution in [3.8, 4) is 0 Å². The Morgan fingerprint density at radius 1 is 1.20 bits per heavy atom. The number of carbonyl (C=O) groups excluding carboxylic acids is 2. The fraction of sp³-hybridized carbons (Fsp3) is 0.875. The summed E-state index contributed by atoms with van der Waals surface area (Å²) in [5.74, 6) is -0.462. The minimum absolute atomic E-state index is 0.0453. The lowest BCUT2D eigenvalue weighted by Crippen LogP contribution is -2.46. The van der Waals surface area contributed by atoms with Crippen LogP contribution in [0, 0.1) is 10.8 Å². The lowest BCUT2D eigenvalue weighted by atomic mass is 9.78. The second-order valence-corrected chi connectivity index (χ2v) is 6.71. The number of Topliss-reactive ketones (excluding diaryl/α,β-unsaturated/α-hetero) is 1. The zero-order chi connectivity index (χ0) is 15.4. The van der Waals surface area contributed by atoms with Gasteiger partial charge in [-0.15, -0.1) is 0 Å². The first-order valence-corrected chi connectivity index (χ1v) is 7.68. The third-order valence-corrected chi connectivity index (χ3v) is 4.77. The maximum atomic E-state index is 12.3. The smallest absolute Gasteiger partial charge is 0.319 e. The molecule has 0 amide bonds. The van der Waals surface area contributed by atoms with Gasteiger partial charge in [-0.3, -0.25) is 14.5 Å². The van der Waals surface area contributed by atoms with Gasteiger partial charge in [-0.2, -0.15) is 0 Å². The maximum absolute atomic E-state index is 12.3. The van der Waals surface area contributed by atoms with E-state index in [0.717, 1.165) is 25.9 Å². The molecule has 0 unspecified atom stereocenters. The van der Waals surface area contributed by atoms with Gasteiger partial charge in [0, 0.05) is 0 Å². The van der Waals surface area contributed by atoms with Crippen molar-refractivity contribution in [2.24, 2.45) is 10.8 Å². The Morgan fingerprint density at radius 3 is 2.20 bits per heavy atom. The predicted molar refractivity (Wildman–Crippen MR) is 79.5 cm³/mol. The van der Waals surface area contributed by atoms with Crippen LogP contribution in [-0.4, -0.2) is 42.9 Å². The quantitative estimate of drug-likeness (QED) is 0.555. The van der Waals surface area contributed by atoms with Crippen LogP contribution < -0.4 is 0 Å². The van der Waals surface area contributed by atoms with Crippen LogP contribution in [0.15, 0.2) is 0 Å². The fourth-order valence-corrected chi connectivity index (χ4v) is 2.43. The van der Waals surface area contributed by atoms with Crippen molar-refractivity contribution < 1.29 is 14.3 Å². The van der Waals surface area contributed by atoms with Gasteiger partial charge >= 0.3 is 5.97 Å². The van der Waals surface area contributed by atoms with E-state index in [-0.39, 0.29) is 5.78 Å². The summed E-state index contributed by atoms with van der Waals surface area (Å²) in [6, 6.07) is 0. The van der Waals surface area contributed by atoms with E-state index in [1.54, 1.807) is 20.8 Å². The van der Waals surface area contributed by atoms with Crippen molar-refractivity contribution in [3.05, 3.63) is 0 Å². The number of likely N-dealkylation sites (tertiary alicyclic amines) is 1. The van der Waals surface area contributed by atoms with Gasteiger partial charge in [-0.25, -0.2) is 0 Å². The second kappa shape index (κ2) is 6.70. The summed E-state index contributed by atoms with van der Waals surface area (Å²) >= 11 is 0. The van der Waals surface area contributed by atoms with Crippen LogP contribution in [-0.2, 0) is 14.3 Å². The number of esters is 1. The standard InChI is InChI=1S/C16H29NO3/c1-6-16(5)8-10-17(11-9-16)12-13(18)15(3,4)14(19)20-7-2/h6-12H2,1-5H3. The van der Waals surface area contributed by atoms with Crippen LogP contribution in [0.1, 0.15) is 53.9 Å². The van der Waals surface area contributed by atoms with Gasteiger partial charge in [0.2, 0.25) is 0 Å².